The van der Waals surface area contributed by atoms with Gasteiger partial charge in [-0.1, -0.05) is 37.8 Å². The van der Waals surface area contributed by atoms with E-state index in [9.17, 15) is 27.6 Å². The summed E-state index contributed by atoms with van der Waals surface area (Å²) in [6.07, 6.45) is 9.35. The second-order valence-electron chi connectivity index (χ2n) is 10.7. The molecule has 0 aromatic carbocycles. The quantitative estimate of drug-likeness (QED) is 0.361. The Morgan fingerprint density at radius 1 is 1.05 bits per heavy atom. The van der Waals surface area contributed by atoms with Crippen LogP contribution in [0.15, 0.2) is 12.2 Å². The normalized spacial score (nSPS) is 31.8. The third-order valence-corrected chi connectivity index (χ3v) is 9.85. The fraction of sp³-hybridized carbons (Fsp3) is 0.760. The zero-order valence-corrected chi connectivity index (χ0v) is 22.0. The molecule has 1 saturated heterocycles. The fourth-order valence-corrected chi connectivity index (χ4v) is 7.38. The van der Waals surface area contributed by atoms with Crippen LogP contribution in [0.3, 0.4) is 0 Å². The molecule has 4 N–H and O–H groups in total. The van der Waals surface area contributed by atoms with Crippen LogP contribution in [-0.2, 0) is 29.1 Å². The molecule has 2 heterocycles. The summed E-state index contributed by atoms with van der Waals surface area (Å²) in [5, 5.41) is 2.16. The Hall–Kier alpha value is -2.63. The average Bonchev–Trinajstić information content (AvgIpc) is 3.42. The molecule has 4 aliphatic rings. The van der Waals surface area contributed by atoms with Crippen molar-refractivity contribution >= 4 is 33.8 Å². The fourth-order valence-electron chi connectivity index (χ4n) is 5.83. The van der Waals surface area contributed by atoms with Crippen molar-refractivity contribution in [2.45, 2.75) is 106 Å². The number of allylic oxidation sites excluding steroid dienone is 1. The summed E-state index contributed by atoms with van der Waals surface area (Å²) in [6, 6.07) is -0.191. The molecule has 0 aromatic heterocycles. The van der Waals surface area contributed by atoms with Gasteiger partial charge in [0.2, 0.25) is 15.6 Å². The topological polar surface area (TPSA) is 165 Å². The molecule has 0 bridgehead atoms. The molecule has 0 spiro atoms. The van der Waals surface area contributed by atoms with Crippen LogP contribution >= 0.6 is 0 Å². The molecule has 4 atom stereocenters. The van der Waals surface area contributed by atoms with E-state index in [1.165, 1.54) is 0 Å². The summed E-state index contributed by atoms with van der Waals surface area (Å²) in [5.74, 6) is -2.31. The number of nitrogens with zero attached hydrogens (tertiary/aromatic N) is 1. The predicted octanol–water partition coefficient (Wildman–Crippen LogP) is 1.62. The molecule has 4 unspecified atom stereocenters. The molecule has 12 heteroatoms. The minimum atomic E-state index is -4.05. The van der Waals surface area contributed by atoms with E-state index >= 15 is 0 Å². The lowest BCUT2D eigenvalue weighted by molar-refractivity contribution is -0.157. The second-order valence-corrected chi connectivity index (χ2v) is 12.6. The maximum absolute atomic E-state index is 13.8. The van der Waals surface area contributed by atoms with Gasteiger partial charge in [-0.05, 0) is 63.7 Å². The van der Waals surface area contributed by atoms with Gasteiger partial charge in [0.25, 0.3) is 17.7 Å². The Balaban J connectivity index is 1.66. The van der Waals surface area contributed by atoms with Gasteiger partial charge in [0.15, 0.2) is 6.10 Å². The molecule has 0 radical (unpaired) electrons. The van der Waals surface area contributed by atoms with Crippen LogP contribution in [0.25, 0.3) is 0 Å². The monoisotopic (exact) mass is 538 g/mol. The van der Waals surface area contributed by atoms with Gasteiger partial charge >= 0.3 is 6.09 Å². The number of primary amides is 1. The molecule has 4 rings (SSSR count). The summed E-state index contributed by atoms with van der Waals surface area (Å²) >= 11 is 0. The first kappa shape index (κ1) is 27.4. The average molecular weight is 539 g/mol. The molecule has 2 aliphatic carbocycles. The minimum Gasteiger partial charge on any atom is -0.436 e. The molecule has 37 heavy (non-hydrogen) atoms. The summed E-state index contributed by atoms with van der Waals surface area (Å²) in [7, 11) is -4.05. The van der Waals surface area contributed by atoms with Crippen molar-refractivity contribution in [1.29, 1.82) is 0 Å². The van der Waals surface area contributed by atoms with E-state index in [0.29, 0.717) is 32.1 Å². The van der Waals surface area contributed by atoms with E-state index < -0.39 is 50.7 Å². The zero-order valence-electron chi connectivity index (χ0n) is 21.2. The second kappa shape index (κ2) is 11.4. The van der Waals surface area contributed by atoms with E-state index in [1.807, 2.05) is 0 Å². The van der Waals surface area contributed by atoms with E-state index in [4.69, 9.17) is 10.5 Å². The number of hydrogen-bond acceptors (Lipinski definition) is 7. The molecule has 3 fully saturated rings. The van der Waals surface area contributed by atoms with Gasteiger partial charge in [0.1, 0.15) is 0 Å². The van der Waals surface area contributed by atoms with Crippen molar-refractivity contribution in [3.63, 3.8) is 0 Å². The Labute approximate surface area is 218 Å². The van der Waals surface area contributed by atoms with Crippen molar-refractivity contribution in [3.8, 4) is 0 Å². The van der Waals surface area contributed by atoms with Gasteiger partial charge in [-0.3, -0.25) is 19.1 Å². The van der Waals surface area contributed by atoms with Gasteiger partial charge in [0.05, 0.1) is 5.25 Å². The number of rotatable bonds is 4. The van der Waals surface area contributed by atoms with Gasteiger partial charge in [-0.2, -0.15) is 0 Å². The van der Waals surface area contributed by atoms with Crippen LogP contribution in [0.1, 0.15) is 83.5 Å². The van der Waals surface area contributed by atoms with Crippen molar-refractivity contribution in [3.05, 3.63) is 12.2 Å². The first-order valence-electron chi connectivity index (χ1n) is 13.5. The standard InChI is InChI=1S/C25H38N4O7S/c26-24(33)36-20-13-8-3-1-2-5-10-17-16-19(17)27-22(31)25(14-9-15-29(25)21(20)30)23(32)28-37(34,35)18-11-6-4-7-12-18/h5,10,17-20H,1-4,6-9,11-16H2,(H2,26,33)(H,27,31)(H,28,32). The van der Waals surface area contributed by atoms with Crippen molar-refractivity contribution in [2.24, 2.45) is 11.7 Å². The van der Waals surface area contributed by atoms with E-state index in [0.717, 1.165) is 43.4 Å². The van der Waals surface area contributed by atoms with Gasteiger partial charge in [-0.15, -0.1) is 0 Å². The number of nitrogens with two attached hydrogens (primary N) is 1. The summed E-state index contributed by atoms with van der Waals surface area (Å²) in [5.41, 5.74) is 3.18. The SMILES string of the molecule is NC(=O)OC1CCCCCC=CC2CC2NC(=O)C2(C(=O)NS(=O)(=O)C3CCCCC3)CCCN2C1=O. The lowest BCUT2D eigenvalue weighted by Gasteiger charge is -2.37. The smallest absolute Gasteiger partial charge is 0.405 e. The highest BCUT2D eigenvalue weighted by Crippen LogP contribution is 2.37. The maximum Gasteiger partial charge on any atom is 0.405 e. The number of ether oxygens (including phenoxy) is 1. The third-order valence-electron chi connectivity index (χ3n) is 8.03. The predicted molar refractivity (Wildman–Crippen MR) is 134 cm³/mol. The number of carbonyl (C=O) groups is 4. The highest BCUT2D eigenvalue weighted by atomic mass is 32.2. The van der Waals surface area contributed by atoms with Gasteiger partial charge in [0, 0.05) is 12.6 Å². The molecule has 0 aromatic rings. The van der Waals surface area contributed by atoms with Crippen molar-refractivity contribution < 1.29 is 32.3 Å². The summed E-state index contributed by atoms with van der Waals surface area (Å²) in [6.45, 7) is 0.0514. The number of hydrogen-bond donors (Lipinski definition) is 3. The Bertz CT molecular complexity index is 1040. The highest BCUT2D eigenvalue weighted by Gasteiger charge is 2.59. The molecule has 11 nitrogen and oxygen atoms in total. The molecule has 206 valence electrons. The lowest BCUT2D eigenvalue weighted by Crippen LogP contribution is -2.67. The van der Waals surface area contributed by atoms with Crippen molar-refractivity contribution in [2.75, 3.05) is 6.54 Å². The van der Waals surface area contributed by atoms with E-state index in [-0.39, 0.29) is 31.3 Å². The van der Waals surface area contributed by atoms with E-state index in [2.05, 4.69) is 22.2 Å². The Kier molecular flexibility index (Phi) is 8.45. The largest absolute Gasteiger partial charge is 0.436 e. The first-order valence-corrected chi connectivity index (χ1v) is 15.0. The number of sulfonamides is 1. The Morgan fingerprint density at radius 3 is 2.49 bits per heavy atom. The van der Waals surface area contributed by atoms with Gasteiger partial charge in [-0.25, -0.2) is 13.2 Å². The molecule has 4 amide bonds. The third kappa shape index (κ3) is 6.10. The van der Waals surface area contributed by atoms with Gasteiger partial charge < -0.3 is 20.7 Å². The van der Waals surface area contributed by atoms with Crippen LogP contribution < -0.4 is 15.8 Å². The van der Waals surface area contributed by atoms with Crippen LogP contribution in [0.5, 0.6) is 0 Å². The van der Waals surface area contributed by atoms with Crippen LogP contribution in [0.2, 0.25) is 0 Å². The van der Waals surface area contributed by atoms with E-state index in [1.54, 1.807) is 0 Å². The van der Waals surface area contributed by atoms with Crippen molar-refractivity contribution in [1.82, 2.24) is 14.9 Å². The molecule has 2 aliphatic heterocycles. The number of nitrogens with one attached hydrogen (secondary N) is 2. The highest BCUT2D eigenvalue weighted by molar-refractivity contribution is 7.90. The number of carbonyl (C=O) groups excluding carboxylic acids is 4. The lowest BCUT2D eigenvalue weighted by atomic mass is 9.92. The molecule has 2 saturated carbocycles. The number of fused-ring (bicyclic) bond motifs is 2. The van der Waals surface area contributed by atoms with Crippen LogP contribution in [0, 0.1) is 5.92 Å². The molecular weight excluding hydrogens is 500 g/mol. The molecular formula is C25H38N4O7S. The summed E-state index contributed by atoms with van der Waals surface area (Å²) in [4.78, 5) is 53.9. The zero-order chi connectivity index (χ0) is 26.6. The van der Waals surface area contributed by atoms with Crippen LogP contribution in [0.4, 0.5) is 4.79 Å². The maximum atomic E-state index is 13.8. The minimum absolute atomic E-state index is 0.0346. The number of amides is 4. The summed E-state index contributed by atoms with van der Waals surface area (Å²) < 4.78 is 33.6. The van der Waals surface area contributed by atoms with Crippen LogP contribution in [-0.4, -0.2) is 66.6 Å². The Morgan fingerprint density at radius 2 is 1.76 bits per heavy atom. The first-order chi connectivity index (χ1) is 17.6.